The molecule has 27 heavy (non-hydrogen) atoms. The molecule has 0 atom stereocenters. The zero-order valence-electron chi connectivity index (χ0n) is 14.9. The molecule has 0 unspecified atom stereocenters. The second-order valence-corrected chi connectivity index (χ2v) is 5.96. The number of nitrogens with one attached hydrogen (secondary N) is 1. The van der Waals surface area contributed by atoms with Crippen molar-refractivity contribution in [2.45, 2.75) is 19.9 Å². The van der Waals surface area contributed by atoms with Crippen LogP contribution in [0.1, 0.15) is 28.4 Å². The van der Waals surface area contributed by atoms with Crippen molar-refractivity contribution in [3.63, 3.8) is 0 Å². The number of rotatable bonds is 6. The first-order chi connectivity index (χ1) is 13.1. The Balaban J connectivity index is 1.61. The topological polar surface area (TPSA) is 77.2 Å². The number of aromatic nitrogens is 1. The number of aryl methyl sites for hydroxylation is 1. The van der Waals surface area contributed by atoms with Gasteiger partial charge in [-0.3, -0.25) is 4.79 Å². The Bertz CT molecular complexity index is 942. The van der Waals surface area contributed by atoms with E-state index in [1.807, 2.05) is 48.5 Å². The smallest absolute Gasteiger partial charge is 0.255 e. The highest BCUT2D eigenvalue weighted by Crippen LogP contribution is 2.25. The van der Waals surface area contributed by atoms with Crippen LogP contribution in [0.4, 0.5) is 10.2 Å². The van der Waals surface area contributed by atoms with Gasteiger partial charge in [0.15, 0.2) is 0 Å². The number of halogens is 1. The van der Waals surface area contributed by atoms with Gasteiger partial charge in [-0.15, -0.1) is 0 Å². The predicted octanol–water partition coefficient (Wildman–Crippen LogP) is 4.09. The van der Waals surface area contributed by atoms with E-state index in [9.17, 15) is 9.18 Å². The maximum atomic E-state index is 13.0. The molecule has 0 saturated heterocycles. The molecule has 0 radical (unpaired) electrons. The SMILES string of the molecule is CCc1ccccc1Oc1ccc(CNC(=O)c2ccc(F)nc2N)cc1. The highest BCUT2D eigenvalue weighted by molar-refractivity contribution is 5.98. The van der Waals surface area contributed by atoms with Crippen LogP contribution in [0.15, 0.2) is 60.7 Å². The average molecular weight is 365 g/mol. The number of nitrogens with two attached hydrogens (primary N) is 1. The molecular formula is C21H20FN3O2. The highest BCUT2D eigenvalue weighted by atomic mass is 19.1. The van der Waals surface area contributed by atoms with Crippen molar-refractivity contribution < 1.29 is 13.9 Å². The fraction of sp³-hybridized carbons (Fsp3) is 0.143. The fourth-order valence-electron chi connectivity index (χ4n) is 2.62. The number of ether oxygens (including phenoxy) is 1. The van der Waals surface area contributed by atoms with E-state index >= 15 is 0 Å². The fourth-order valence-corrected chi connectivity index (χ4v) is 2.62. The number of carbonyl (C=O) groups is 1. The van der Waals surface area contributed by atoms with Crippen molar-refractivity contribution in [1.29, 1.82) is 0 Å². The number of anilines is 1. The minimum Gasteiger partial charge on any atom is -0.457 e. The van der Waals surface area contributed by atoms with E-state index in [1.165, 1.54) is 6.07 Å². The van der Waals surface area contributed by atoms with Gasteiger partial charge in [-0.2, -0.15) is 4.39 Å². The largest absolute Gasteiger partial charge is 0.457 e. The van der Waals surface area contributed by atoms with Crippen molar-refractivity contribution in [3.8, 4) is 11.5 Å². The maximum Gasteiger partial charge on any atom is 0.255 e. The van der Waals surface area contributed by atoms with Gasteiger partial charge in [0.05, 0.1) is 5.56 Å². The zero-order valence-corrected chi connectivity index (χ0v) is 14.9. The molecule has 5 nitrogen and oxygen atoms in total. The van der Waals surface area contributed by atoms with Crippen LogP contribution in [0.3, 0.4) is 0 Å². The van der Waals surface area contributed by atoms with Crippen LogP contribution in [-0.4, -0.2) is 10.9 Å². The van der Waals surface area contributed by atoms with E-state index in [0.29, 0.717) is 6.54 Å². The second kappa shape index (κ2) is 8.31. The summed E-state index contributed by atoms with van der Waals surface area (Å²) in [5.74, 6) is 0.297. The Morgan fingerprint density at radius 3 is 2.56 bits per heavy atom. The van der Waals surface area contributed by atoms with Gasteiger partial charge in [-0.05, 0) is 47.9 Å². The molecule has 0 aliphatic carbocycles. The van der Waals surface area contributed by atoms with E-state index in [0.717, 1.165) is 35.1 Å². The standard InChI is InChI=1S/C21H20FN3O2/c1-2-15-5-3-4-6-18(15)27-16-9-7-14(8-10-16)13-24-21(26)17-11-12-19(22)25-20(17)23/h3-12H,2,13H2,1H3,(H2,23,25)(H,24,26). The molecule has 1 amide bonds. The third-order valence-electron chi connectivity index (χ3n) is 4.09. The van der Waals surface area contributed by atoms with E-state index in [2.05, 4.69) is 17.2 Å². The average Bonchev–Trinajstić information content (AvgIpc) is 2.67. The minimum atomic E-state index is -0.718. The molecule has 0 aliphatic heterocycles. The predicted molar refractivity (Wildman–Crippen MR) is 102 cm³/mol. The summed E-state index contributed by atoms with van der Waals surface area (Å²) >= 11 is 0. The minimum absolute atomic E-state index is 0.133. The monoisotopic (exact) mass is 365 g/mol. The molecule has 138 valence electrons. The summed E-state index contributed by atoms with van der Waals surface area (Å²) < 4.78 is 18.9. The molecule has 0 aliphatic rings. The van der Waals surface area contributed by atoms with Crippen molar-refractivity contribution >= 4 is 11.7 Å². The number of hydrogen-bond donors (Lipinski definition) is 2. The van der Waals surface area contributed by atoms with Crippen LogP contribution in [0.2, 0.25) is 0 Å². The summed E-state index contributed by atoms with van der Waals surface area (Å²) in [4.78, 5) is 15.6. The summed E-state index contributed by atoms with van der Waals surface area (Å²) in [5, 5.41) is 2.74. The molecular weight excluding hydrogens is 345 g/mol. The van der Waals surface area contributed by atoms with Gasteiger partial charge in [-0.1, -0.05) is 37.3 Å². The van der Waals surface area contributed by atoms with Crippen LogP contribution in [0, 0.1) is 5.95 Å². The van der Waals surface area contributed by atoms with Gasteiger partial charge in [0.1, 0.15) is 17.3 Å². The Morgan fingerprint density at radius 1 is 1.11 bits per heavy atom. The molecule has 1 heterocycles. The Hall–Kier alpha value is -3.41. The van der Waals surface area contributed by atoms with Gasteiger partial charge < -0.3 is 15.8 Å². The van der Waals surface area contributed by atoms with Crippen LogP contribution < -0.4 is 15.8 Å². The first kappa shape index (κ1) is 18.4. The van der Waals surface area contributed by atoms with Crippen molar-refractivity contribution in [2.75, 3.05) is 5.73 Å². The molecule has 3 N–H and O–H groups in total. The second-order valence-electron chi connectivity index (χ2n) is 5.96. The Labute approximate surface area is 157 Å². The van der Waals surface area contributed by atoms with Gasteiger partial charge in [-0.25, -0.2) is 4.98 Å². The molecule has 6 heteroatoms. The summed E-state index contributed by atoms with van der Waals surface area (Å²) in [5.41, 5.74) is 7.76. The van der Waals surface area contributed by atoms with Crippen LogP contribution >= 0.6 is 0 Å². The van der Waals surface area contributed by atoms with Crippen molar-refractivity contribution in [1.82, 2.24) is 10.3 Å². The number of pyridine rings is 1. The molecule has 1 aromatic heterocycles. The lowest BCUT2D eigenvalue weighted by molar-refractivity contribution is 0.0951. The third kappa shape index (κ3) is 4.61. The summed E-state index contributed by atoms with van der Waals surface area (Å²) in [6.07, 6.45) is 0.891. The molecule has 2 aromatic carbocycles. The summed E-state index contributed by atoms with van der Waals surface area (Å²) in [6, 6.07) is 17.8. The van der Waals surface area contributed by atoms with E-state index < -0.39 is 11.9 Å². The molecule has 3 aromatic rings. The number of hydrogen-bond acceptors (Lipinski definition) is 4. The number of nitrogens with zero attached hydrogens (tertiary/aromatic N) is 1. The van der Waals surface area contributed by atoms with Crippen molar-refractivity contribution in [3.05, 3.63) is 83.3 Å². The molecule has 3 rings (SSSR count). The molecule has 0 fully saturated rings. The van der Waals surface area contributed by atoms with Gasteiger partial charge in [0.25, 0.3) is 5.91 Å². The zero-order chi connectivity index (χ0) is 19.2. The third-order valence-corrected chi connectivity index (χ3v) is 4.09. The molecule has 0 spiro atoms. The number of benzene rings is 2. The number of para-hydroxylation sites is 1. The van der Waals surface area contributed by atoms with Crippen molar-refractivity contribution in [2.24, 2.45) is 0 Å². The summed E-state index contributed by atoms with van der Waals surface area (Å²) in [6.45, 7) is 2.39. The number of nitrogen functional groups attached to an aromatic ring is 1. The van der Waals surface area contributed by atoms with Gasteiger partial charge >= 0.3 is 0 Å². The normalized spacial score (nSPS) is 10.4. The maximum absolute atomic E-state index is 13.0. The van der Waals surface area contributed by atoms with Crippen LogP contribution in [-0.2, 0) is 13.0 Å². The highest BCUT2D eigenvalue weighted by Gasteiger charge is 2.11. The molecule has 0 saturated carbocycles. The van der Waals surface area contributed by atoms with E-state index in [1.54, 1.807) is 0 Å². The lowest BCUT2D eigenvalue weighted by atomic mass is 10.1. The van der Waals surface area contributed by atoms with E-state index in [4.69, 9.17) is 10.5 Å². The van der Waals surface area contributed by atoms with Crippen LogP contribution in [0.25, 0.3) is 0 Å². The van der Waals surface area contributed by atoms with Gasteiger partial charge in [0.2, 0.25) is 5.95 Å². The lowest BCUT2D eigenvalue weighted by Gasteiger charge is -2.11. The van der Waals surface area contributed by atoms with E-state index in [-0.39, 0.29) is 11.4 Å². The van der Waals surface area contributed by atoms with Crippen LogP contribution in [0.5, 0.6) is 11.5 Å². The van der Waals surface area contributed by atoms with Gasteiger partial charge in [0, 0.05) is 6.54 Å². The summed E-state index contributed by atoms with van der Waals surface area (Å²) in [7, 11) is 0. The first-order valence-corrected chi connectivity index (χ1v) is 8.61. The number of amides is 1. The number of carbonyl (C=O) groups excluding carboxylic acids is 1. The Kier molecular flexibility index (Phi) is 5.66. The first-order valence-electron chi connectivity index (χ1n) is 8.61. The lowest BCUT2D eigenvalue weighted by Crippen LogP contribution is -2.24. The Morgan fingerprint density at radius 2 is 1.85 bits per heavy atom. The molecule has 0 bridgehead atoms. The quantitative estimate of drug-likeness (QED) is 0.645.